The Bertz CT molecular complexity index is 864. The fourth-order valence-corrected chi connectivity index (χ4v) is 3.78. The lowest BCUT2D eigenvalue weighted by Gasteiger charge is -2.37. The highest BCUT2D eigenvalue weighted by Gasteiger charge is 2.36. The predicted octanol–water partition coefficient (Wildman–Crippen LogP) is 4.25. The number of aliphatic hydroxyl groups is 1. The van der Waals surface area contributed by atoms with Crippen molar-refractivity contribution in [3.8, 4) is 0 Å². The Morgan fingerprint density at radius 2 is 1.74 bits per heavy atom. The number of halogens is 1. The van der Waals surface area contributed by atoms with Crippen LogP contribution in [-0.4, -0.2) is 23.8 Å². The molecule has 0 spiro atoms. The van der Waals surface area contributed by atoms with E-state index in [1.54, 1.807) is 25.2 Å². The summed E-state index contributed by atoms with van der Waals surface area (Å²) in [6.45, 7) is 7.31. The zero-order chi connectivity index (χ0) is 16.8. The third kappa shape index (κ3) is 3.01. The van der Waals surface area contributed by atoms with Crippen molar-refractivity contribution >= 4 is 56.1 Å². The van der Waals surface area contributed by atoms with E-state index in [1.807, 2.05) is 32.0 Å². The molecule has 0 radical (unpaired) electrons. The molecule has 3 aromatic rings. The molecular weight excluding hydrogens is 327 g/mol. The molecule has 3 rings (SSSR count). The van der Waals surface area contributed by atoms with Crippen LogP contribution in [0.25, 0.3) is 20.2 Å². The minimum atomic E-state index is -0.940. The molecule has 1 N–H and O–H groups in total. The van der Waals surface area contributed by atoms with Crippen LogP contribution in [0, 0.1) is 0 Å². The second-order valence-electron chi connectivity index (χ2n) is 6.86. The summed E-state index contributed by atoms with van der Waals surface area (Å²) >= 11 is 8.23. The minimum Gasteiger partial charge on any atom is -0.427 e. The molecule has 0 atom stereocenters. The maximum atomic E-state index is 10.3. The molecular formula is C18H20BClO2S. The van der Waals surface area contributed by atoms with E-state index in [0.29, 0.717) is 12.5 Å². The summed E-state index contributed by atoms with van der Waals surface area (Å²) in [4.78, 5) is 0. The molecule has 23 heavy (non-hydrogen) atoms. The summed E-state index contributed by atoms with van der Waals surface area (Å²) in [5.74, 6) is 0. The normalized spacial score (nSPS) is 13.0. The van der Waals surface area contributed by atoms with Gasteiger partial charge in [-0.2, -0.15) is 0 Å². The summed E-state index contributed by atoms with van der Waals surface area (Å²) in [5.41, 5.74) is -0.632. The van der Waals surface area contributed by atoms with Crippen LogP contribution >= 0.6 is 22.9 Å². The Morgan fingerprint density at radius 1 is 1.04 bits per heavy atom. The van der Waals surface area contributed by atoms with Gasteiger partial charge in [0.05, 0.1) is 11.2 Å². The van der Waals surface area contributed by atoms with Crippen molar-refractivity contribution in [2.24, 2.45) is 0 Å². The molecule has 5 heteroatoms. The molecule has 0 fully saturated rings. The Labute approximate surface area is 146 Å². The smallest absolute Gasteiger partial charge is 0.311 e. The molecule has 0 saturated carbocycles. The SMILES string of the molecule is CC(C)(O)C(C)(C)OBc1c(Cl)ccc2sc3ccccc3c12. The van der Waals surface area contributed by atoms with Gasteiger partial charge in [0.2, 0.25) is 0 Å². The molecule has 0 amide bonds. The average molecular weight is 347 g/mol. The maximum absolute atomic E-state index is 10.3. The predicted molar refractivity (Wildman–Crippen MR) is 103 cm³/mol. The van der Waals surface area contributed by atoms with Crippen LogP contribution in [-0.2, 0) is 4.65 Å². The number of hydrogen-bond acceptors (Lipinski definition) is 3. The van der Waals surface area contributed by atoms with Crippen molar-refractivity contribution in [3.63, 3.8) is 0 Å². The Morgan fingerprint density at radius 3 is 2.43 bits per heavy atom. The largest absolute Gasteiger partial charge is 0.427 e. The molecule has 1 aromatic heterocycles. The lowest BCUT2D eigenvalue weighted by atomic mass is 9.80. The first-order valence-corrected chi connectivity index (χ1v) is 8.85. The van der Waals surface area contributed by atoms with Crippen LogP contribution in [0.1, 0.15) is 27.7 Å². The fraction of sp³-hybridized carbons (Fsp3) is 0.333. The van der Waals surface area contributed by atoms with E-state index in [9.17, 15) is 5.11 Å². The van der Waals surface area contributed by atoms with Crippen LogP contribution in [0.2, 0.25) is 5.02 Å². The molecule has 0 unspecified atom stereocenters. The highest BCUT2D eigenvalue weighted by Crippen LogP contribution is 2.34. The summed E-state index contributed by atoms with van der Waals surface area (Å²) < 4.78 is 8.50. The second kappa shape index (κ2) is 5.78. The summed E-state index contributed by atoms with van der Waals surface area (Å²) in [5, 5.41) is 13.3. The topological polar surface area (TPSA) is 29.5 Å². The van der Waals surface area contributed by atoms with Gasteiger partial charge in [-0.15, -0.1) is 11.3 Å². The van der Waals surface area contributed by atoms with E-state index in [2.05, 4.69) is 18.2 Å². The molecule has 0 saturated heterocycles. The molecule has 2 nitrogen and oxygen atoms in total. The fourth-order valence-electron chi connectivity index (χ4n) is 2.43. The molecule has 2 aromatic carbocycles. The Balaban J connectivity index is 2.08. The lowest BCUT2D eigenvalue weighted by molar-refractivity contribution is -0.0893. The van der Waals surface area contributed by atoms with E-state index in [0.717, 1.165) is 10.8 Å². The third-order valence-corrected chi connectivity index (χ3v) is 6.13. The van der Waals surface area contributed by atoms with E-state index in [1.165, 1.54) is 14.8 Å². The molecule has 1 heterocycles. The van der Waals surface area contributed by atoms with E-state index < -0.39 is 11.2 Å². The first-order chi connectivity index (χ1) is 10.7. The van der Waals surface area contributed by atoms with Gasteiger partial charge >= 0.3 is 7.48 Å². The Kier molecular flexibility index (Phi) is 4.22. The van der Waals surface area contributed by atoms with Crippen LogP contribution in [0.4, 0.5) is 0 Å². The molecule has 0 aliphatic carbocycles. The van der Waals surface area contributed by atoms with Crippen molar-refractivity contribution in [1.29, 1.82) is 0 Å². The summed E-state index contributed by atoms with van der Waals surface area (Å²) in [6.07, 6.45) is 0. The van der Waals surface area contributed by atoms with Crippen molar-refractivity contribution in [2.75, 3.05) is 0 Å². The average Bonchev–Trinajstić information content (AvgIpc) is 2.84. The second-order valence-corrected chi connectivity index (χ2v) is 8.35. The number of hydrogen-bond donors (Lipinski definition) is 1. The van der Waals surface area contributed by atoms with Crippen molar-refractivity contribution in [2.45, 2.75) is 38.9 Å². The van der Waals surface area contributed by atoms with E-state index in [-0.39, 0.29) is 0 Å². The quantitative estimate of drug-likeness (QED) is 0.716. The molecule has 120 valence electrons. The van der Waals surface area contributed by atoms with Gasteiger partial charge in [0, 0.05) is 14.4 Å². The number of rotatable bonds is 4. The van der Waals surface area contributed by atoms with Crippen LogP contribution < -0.4 is 5.46 Å². The molecule has 0 bridgehead atoms. The molecule has 0 aliphatic heterocycles. The van der Waals surface area contributed by atoms with Gasteiger partial charge in [-0.1, -0.05) is 29.8 Å². The highest BCUT2D eigenvalue weighted by atomic mass is 35.5. The van der Waals surface area contributed by atoms with Gasteiger partial charge in [-0.3, -0.25) is 0 Å². The van der Waals surface area contributed by atoms with Crippen molar-refractivity contribution < 1.29 is 9.76 Å². The summed E-state index contributed by atoms with van der Waals surface area (Å²) in [6, 6.07) is 12.3. The zero-order valence-corrected chi connectivity index (χ0v) is 15.4. The van der Waals surface area contributed by atoms with Gasteiger partial charge in [-0.25, -0.2) is 0 Å². The standard InChI is InChI=1S/C18H20BClO2S/c1-17(2,21)18(3,4)22-19-16-12(20)9-10-14-15(16)11-7-5-6-8-13(11)23-14/h5-10,19,21H,1-4H3. The third-order valence-electron chi connectivity index (χ3n) is 4.64. The van der Waals surface area contributed by atoms with Gasteiger partial charge in [0.15, 0.2) is 0 Å². The van der Waals surface area contributed by atoms with Gasteiger partial charge in [0.25, 0.3) is 0 Å². The van der Waals surface area contributed by atoms with Crippen LogP contribution in [0.3, 0.4) is 0 Å². The first-order valence-electron chi connectivity index (χ1n) is 7.66. The summed E-state index contributed by atoms with van der Waals surface area (Å²) in [7, 11) is 0.369. The first kappa shape index (κ1) is 16.8. The van der Waals surface area contributed by atoms with Gasteiger partial charge < -0.3 is 9.76 Å². The van der Waals surface area contributed by atoms with Gasteiger partial charge in [-0.05, 0) is 62.1 Å². The zero-order valence-electron chi connectivity index (χ0n) is 13.8. The number of thiophene rings is 1. The minimum absolute atomic E-state index is 0.369. The van der Waals surface area contributed by atoms with Crippen LogP contribution in [0.15, 0.2) is 36.4 Å². The lowest BCUT2D eigenvalue weighted by Crippen LogP contribution is -2.49. The van der Waals surface area contributed by atoms with Crippen molar-refractivity contribution in [1.82, 2.24) is 0 Å². The van der Waals surface area contributed by atoms with Gasteiger partial charge in [0.1, 0.15) is 0 Å². The van der Waals surface area contributed by atoms with E-state index >= 15 is 0 Å². The number of fused-ring (bicyclic) bond motifs is 3. The van der Waals surface area contributed by atoms with Crippen LogP contribution in [0.5, 0.6) is 0 Å². The molecule has 0 aliphatic rings. The Hall–Kier alpha value is -1.07. The number of benzene rings is 2. The van der Waals surface area contributed by atoms with Crippen molar-refractivity contribution in [3.05, 3.63) is 41.4 Å². The maximum Gasteiger partial charge on any atom is 0.311 e. The monoisotopic (exact) mass is 346 g/mol. The highest BCUT2D eigenvalue weighted by molar-refractivity contribution is 7.26. The van der Waals surface area contributed by atoms with E-state index in [4.69, 9.17) is 16.3 Å².